The van der Waals surface area contributed by atoms with Gasteiger partial charge in [-0.1, -0.05) is 6.92 Å². The Balaban J connectivity index is 1.78. The summed E-state index contributed by atoms with van der Waals surface area (Å²) in [5, 5.41) is 0. The molecule has 0 spiro atoms. The summed E-state index contributed by atoms with van der Waals surface area (Å²) < 4.78 is 56.3. The number of hydrogen-bond acceptors (Lipinski definition) is 5. The molecule has 0 fully saturated rings. The monoisotopic (exact) mass is 442 g/mol. The van der Waals surface area contributed by atoms with Crippen molar-refractivity contribution in [3.8, 4) is 11.1 Å². The lowest BCUT2D eigenvalue weighted by molar-refractivity contribution is 0.551. The number of nitrogens with one attached hydrogen (secondary N) is 1. The first-order chi connectivity index (χ1) is 14.8. The summed E-state index contributed by atoms with van der Waals surface area (Å²) >= 11 is 0. The summed E-state index contributed by atoms with van der Waals surface area (Å²) in [6.45, 7) is 1.79. The van der Waals surface area contributed by atoms with Crippen LogP contribution in [0.3, 0.4) is 0 Å². The van der Waals surface area contributed by atoms with Gasteiger partial charge in [-0.2, -0.15) is 0 Å². The average Bonchev–Trinajstić information content (AvgIpc) is 2.73. The Morgan fingerprint density at radius 1 is 1.03 bits per heavy atom. The third-order valence-electron chi connectivity index (χ3n) is 4.65. The Hall–Kier alpha value is -3.66. The smallest absolute Gasteiger partial charge is 0.264 e. The maximum Gasteiger partial charge on any atom is 0.264 e. The van der Waals surface area contributed by atoms with Gasteiger partial charge >= 0.3 is 0 Å². The normalized spacial score (nSPS) is 11.6. The molecule has 4 aromatic rings. The quantitative estimate of drug-likeness (QED) is 0.511. The predicted octanol–water partition coefficient (Wildman–Crippen LogP) is 3.40. The van der Waals surface area contributed by atoms with E-state index in [4.69, 9.17) is 0 Å². The number of aryl methyl sites for hydroxylation is 1. The van der Waals surface area contributed by atoms with Crippen molar-refractivity contribution < 1.29 is 17.2 Å². The molecule has 0 atom stereocenters. The van der Waals surface area contributed by atoms with Gasteiger partial charge in [0, 0.05) is 41.9 Å². The molecule has 1 aromatic carbocycles. The third kappa shape index (κ3) is 4.02. The van der Waals surface area contributed by atoms with E-state index in [1.54, 1.807) is 37.5 Å². The largest absolute Gasteiger partial charge is 0.278 e. The topological polar surface area (TPSA) is 93.4 Å². The highest BCUT2D eigenvalue weighted by Gasteiger charge is 2.21. The molecule has 0 amide bonds. The second-order valence-electron chi connectivity index (χ2n) is 6.68. The van der Waals surface area contributed by atoms with E-state index in [1.165, 1.54) is 16.7 Å². The first kappa shape index (κ1) is 20.6. The van der Waals surface area contributed by atoms with Crippen molar-refractivity contribution in [1.29, 1.82) is 0 Å². The Morgan fingerprint density at radius 2 is 1.84 bits per heavy atom. The fourth-order valence-electron chi connectivity index (χ4n) is 3.12. The van der Waals surface area contributed by atoms with Crippen molar-refractivity contribution in [3.05, 3.63) is 88.7 Å². The summed E-state index contributed by atoms with van der Waals surface area (Å²) in [4.78, 5) is 19.8. The van der Waals surface area contributed by atoms with E-state index in [1.807, 2.05) is 0 Å². The van der Waals surface area contributed by atoms with Gasteiger partial charge in [-0.3, -0.25) is 18.9 Å². The zero-order valence-corrected chi connectivity index (χ0v) is 17.0. The summed E-state index contributed by atoms with van der Waals surface area (Å²) in [5.41, 5.74) is 1.93. The Morgan fingerprint density at radius 3 is 2.58 bits per heavy atom. The summed E-state index contributed by atoms with van der Waals surface area (Å²) in [6, 6.07) is 8.49. The van der Waals surface area contributed by atoms with Gasteiger partial charge in [0.15, 0.2) is 0 Å². The minimum absolute atomic E-state index is 0.155. The predicted molar refractivity (Wildman–Crippen MR) is 111 cm³/mol. The fraction of sp³-hybridized carbons (Fsp3) is 0.0952. The number of anilines is 1. The van der Waals surface area contributed by atoms with Gasteiger partial charge in [0.1, 0.15) is 22.2 Å². The standard InChI is InChI=1S/C21H16F2N4O3S/c1-2-17-18(26-31(29,30)19-5-4-15(22)10-16(19)23)9-14(11-25-17)13-3-6-20-24-8-7-21(28)27(20)12-13/h3-12,26H,2H2,1H3. The average molecular weight is 442 g/mol. The third-order valence-corrected chi connectivity index (χ3v) is 6.05. The number of sulfonamides is 1. The molecular weight excluding hydrogens is 426 g/mol. The Labute approximate surface area is 176 Å². The molecule has 1 N–H and O–H groups in total. The zero-order chi connectivity index (χ0) is 22.2. The van der Waals surface area contributed by atoms with Crippen molar-refractivity contribution in [1.82, 2.24) is 14.4 Å². The Bertz CT molecular complexity index is 1470. The fourth-order valence-corrected chi connectivity index (χ4v) is 4.26. The van der Waals surface area contributed by atoms with Gasteiger partial charge in [0.25, 0.3) is 15.6 Å². The van der Waals surface area contributed by atoms with Gasteiger partial charge in [0.2, 0.25) is 0 Å². The first-order valence-corrected chi connectivity index (χ1v) is 10.7. The lowest BCUT2D eigenvalue weighted by Crippen LogP contribution is -2.16. The molecule has 0 radical (unpaired) electrons. The molecule has 3 heterocycles. The van der Waals surface area contributed by atoms with E-state index in [9.17, 15) is 22.0 Å². The van der Waals surface area contributed by atoms with Crippen LogP contribution >= 0.6 is 0 Å². The molecule has 31 heavy (non-hydrogen) atoms. The van der Waals surface area contributed by atoms with Crippen LogP contribution in [0.2, 0.25) is 0 Å². The van der Waals surface area contributed by atoms with Gasteiger partial charge < -0.3 is 0 Å². The molecular formula is C21H16F2N4O3S. The highest BCUT2D eigenvalue weighted by molar-refractivity contribution is 7.92. The van der Waals surface area contributed by atoms with Crippen LogP contribution in [0, 0.1) is 11.6 Å². The highest BCUT2D eigenvalue weighted by atomic mass is 32.2. The van der Waals surface area contributed by atoms with Crippen LogP contribution in [-0.4, -0.2) is 22.8 Å². The molecule has 0 saturated heterocycles. The van der Waals surface area contributed by atoms with E-state index in [2.05, 4.69) is 14.7 Å². The Kier molecular flexibility index (Phi) is 5.24. The van der Waals surface area contributed by atoms with Crippen molar-refractivity contribution in [2.45, 2.75) is 18.2 Å². The van der Waals surface area contributed by atoms with E-state index in [-0.39, 0.29) is 11.2 Å². The second-order valence-corrected chi connectivity index (χ2v) is 8.33. The number of fused-ring (bicyclic) bond motifs is 1. The SMILES string of the molecule is CCc1ncc(-c2ccc3nccc(=O)n3c2)cc1NS(=O)(=O)c1ccc(F)cc1F. The summed E-state index contributed by atoms with van der Waals surface area (Å²) in [6.07, 6.45) is 4.95. The zero-order valence-electron chi connectivity index (χ0n) is 16.2. The number of halogens is 2. The van der Waals surface area contributed by atoms with Crippen LogP contribution in [0.4, 0.5) is 14.5 Å². The number of nitrogens with zero attached hydrogens (tertiary/aromatic N) is 3. The number of aromatic nitrogens is 3. The number of rotatable bonds is 5. The van der Waals surface area contributed by atoms with Crippen LogP contribution in [-0.2, 0) is 16.4 Å². The maximum atomic E-state index is 14.0. The molecule has 0 saturated carbocycles. The van der Waals surface area contributed by atoms with E-state index in [0.29, 0.717) is 35.0 Å². The van der Waals surface area contributed by atoms with Crippen molar-refractivity contribution in [2.24, 2.45) is 0 Å². The van der Waals surface area contributed by atoms with Gasteiger partial charge in [-0.05, 0) is 36.8 Å². The maximum absolute atomic E-state index is 14.0. The van der Waals surface area contributed by atoms with Crippen LogP contribution in [0.1, 0.15) is 12.6 Å². The molecule has 0 bridgehead atoms. The molecule has 0 aliphatic carbocycles. The molecule has 7 nitrogen and oxygen atoms in total. The van der Waals surface area contributed by atoms with Crippen molar-refractivity contribution >= 4 is 21.4 Å². The minimum atomic E-state index is -4.33. The summed E-state index contributed by atoms with van der Waals surface area (Å²) in [7, 11) is -4.33. The van der Waals surface area contributed by atoms with E-state index in [0.717, 1.165) is 12.1 Å². The number of hydrogen-bond donors (Lipinski definition) is 1. The van der Waals surface area contributed by atoms with Crippen LogP contribution in [0.5, 0.6) is 0 Å². The van der Waals surface area contributed by atoms with Crippen LogP contribution in [0.25, 0.3) is 16.8 Å². The molecule has 158 valence electrons. The number of benzene rings is 1. The number of pyridine rings is 2. The lowest BCUT2D eigenvalue weighted by Gasteiger charge is -2.14. The van der Waals surface area contributed by atoms with Crippen molar-refractivity contribution in [2.75, 3.05) is 4.72 Å². The molecule has 0 aliphatic heterocycles. The molecule has 10 heteroatoms. The van der Waals surface area contributed by atoms with Crippen LogP contribution < -0.4 is 10.3 Å². The van der Waals surface area contributed by atoms with Crippen molar-refractivity contribution in [3.63, 3.8) is 0 Å². The van der Waals surface area contributed by atoms with Gasteiger partial charge in [-0.25, -0.2) is 22.2 Å². The second kappa shape index (κ2) is 7.88. The minimum Gasteiger partial charge on any atom is -0.278 e. The van der Waals surface area contributed by atoms with Gasteiger partial charge in [-0.15, -0.1) is 0 Å². The first-order valence-electron chi connectivity index (χ1n) is 9.23. The van der Waals surface area contributed by atoms with E-state index < -0.39 is 26.6 Å². The molecule has 3 aromatic heterocycles. The highest BCUT2D eigenvalue weighted by Crippen LogP contribution is 2.27. The van der Waals surface area contributed by atoms with Gasteiger partial charge in [0.05, 0.1) is 11.4 Å². The summed E-state index contributed by atoms with van der Waals surface area (Å²) in [5.74, 6) is -2.08. The molecule has 0 aliphatic rings. The van der Waals surface area contributed by atoms with Crippen LogP contribution in [0.15, 0.2) is 70.7 Å². The van der Waals surface area contributed by atoms with E-state index >= 15 is 0 Å². The molecule has 0 unspecified atom stereocenters. The molecule has 4 rings (SSSR count). The lowest BCUT2D eigenvalue weighted by atomic mass is 10.1.